The van der Waals surface area contributed by atoms with Gasteiger partial charge in [0.15, 0.2) is 0 Å². The van der Waals surface area contributed by atoms with Gasteiger partial charge in [-0.15, -0.1) is 11.8 Å². The van der Waals surface area contributed by atoms with Crippen molar-refractivity contribution in [2.75, 3.05) is 0 Å². The van der Waals surface area contributed by atoms with Crippen LogP contribution in [0.15, 0.2) is 23.1 Å². The summed E-state index contributed by atoms with van der Waals surface area (Å²) in [5.74, 6) is 0. The molecular weight excluding hydrogens is 238 g/mol. The lowest BCUT2D eigenvalue weighted by atomic mass is 10.0. The summed E-state index contributed by atoms with van der Waals surface area (Å²) in [6, 6.07) is 7.82. The lowest BCUT2D eigenvalue weighted by Crippen LogP contribution is -2.07. The van der Waals surface area contributed by atoms with Crippen LogP contribution in [-0.4, -0.2) is 5.25 Å². The summed E-state index contributed by atoms with van der Waals surface area (Å²) in [5.41, 5.74) is 0.565. The van der Waals surface area contributed by atoms with E-state index in [1.165, 1.54) is 37.0 Å². The fourth-order valence-electron chi connectivity index (χ4n) is 2.04. The molecule has 1 aromatic carbocycles. The van der Waals surface area contributed by atoms with Gasteiger partial charge in [-0.1, -0.05) is 30.9 Å². The highest BCUT2D eigenvalue weighted by Crippen LogP contribution is 2.34. The van der Waals surface area contributed by atoms with Gasteiger partial charge in [0, 0.05) is 10.1 Å². The van der Waals surface area contributed by atoms with E-state index in [0.29, 0.717) is 10.6 Å². The minimum Gasteiger partial charge on any atom is -0.192 e. The second kappa shape index (κ2) is 5.61. The topological polar surface area (TPSA) is 23.8 Å². The van der Waals surface area contributed by atoms with Gasteiger partial charge >= 0.3 is 0 Å². The maximum absolute atomic E-state index is 8.79. The van der Waals surface area contributed by atoms with E-state index in [0.717, 1.165) is 5.25 Å². The van der Waals surface area contributed by atoms with E-state index in [1.54, 1.807) is 0 Å². The average molecular weight is 252 g/mol. The quantitative estimate of drug-likeness (QED) is 0.765. The van der Waals surface area contributed by atoms with E-state index in [2.05, 4.69) is 6.07 Å². The summed E-state index contributed by atoms with van der Waals surface area (Å²) < 4.78 is 0. The molecular formula is C13H14ClNS. The van der Waals surface area contributed by atoms with Gasteiger partial charge in [0.25, 0.3) is 0 Å². The van der Waals surface area contributed by atoms with Crippen LogP contribution in [-0.2, 0) is 0 Å². The third-order valence-electron chi connectivity index (χ3n) is 2.92. The molecule has 0 heterocycles. The molecule has 1 aliphatic rings. The van der Waals surface area contributed by atoms with Crippen LogP contribution in [0.2, 0.25) is 5.02 Å². The zero-order chi connectivity index (χ0) is 11.4. The van der Waals surface area contributed by atoms with Gasteiger partial charge in [0.1, 0.15) is 6.07 Å². The molecule has 3 heteroatoms. The second-order valence-electron chi connectivity index (χ2n) is 4.13. The highest BCUT2D eigenvalue weighted by atomic mass is 35.5. The van der Waals surface area contributed by atoms with Crippen molar-refractivity contribution in [3.63, 3.8) is 0 Å². The third-order valence-corrected chi connectivity index (χ3v) is 4.56. The first-order valence-corrected chi connectivity index (χ1v) is 6.91. The fourth-order valence-corrected chi connectivity index (χ4v) is 3.61. The van der Waals surface area contributed by atoms with Crippen LogP contribution in [0.4, 0.5) is 0 Å². The SMILES string of the molecule is N#Cc1ccc(SC2CCCCC2)cc1Cl. The lowest BCUT2D eigenvalue weighted by Gasteiger charge is -2.20. The number of nitrogens with zero attached hydrogens (tertiary/aromatic N) is 1. The first kappa shape index (κ1) is 11.8. The summed E-state index contributed by atoms with van der Waals surface area (Å²) in [5, 5.41) is 10.1. The molecule has 0 aromatic heterocycles. The maximum Gasteiger partial charge on any atom is 0.101 e. The molecule has 0 bridgehead atoms. The number of nitriles is 1. The Bertz CT molecular complexity index is 405. The largest absolute Gasteiger partial charge is 0.192 e. The molecule has 0 aliphatic heterocycles. The molecule has 0 atom stereocenters. The van der Waals surface area contributed by atoms with Gasteiger partial charge in [0.2, 0.25) is 0 Å². The van der Waals surface area contributed by atoms with Crippen molar-refractivity contribution in [1.82, 2.24) is 0 Å². The van der Waals surface area contributed by atoms with Crippen molar-refractivity contribution in [3.8, 4) is 6.07 Å². The molecule has 1 aliphatic carbocycles. The maximum atomic E-state index is 8.79. The standard InChI is InChI=1S/C13H14ClNS/c14-13-8-12(7-6-10(13)9-15)16-11-4-2-1-3-5-11/h6-8,11H,1-5H2. The van der Waals surface area contributed by atoms with Crippen molar-refractivity contribution < 1.29 is 0 Å². The Kier molecular flexibility index (Phi) is 4.15. The monoisotopic (exact) mass is 251 g/mol. The summed E-state index contributed by atoms with van der Waals surface area (Å²) in [6.45, 7) is 0. The van der Waals surface area contributed by atoms with Gasteiger partial charge in [-0.25, -0.2) is 0 Å². The smallest absolute Gasteiger partial charge is 0.101 e. The number of halogens is 1. The Hall–Kier alpha value is -0.650. The average Bonchev–Trinajstić information content (AvgIpc) is 2.31. The molecule has 0 amide bonds. The summed E-state index contributed by atoms with van der Waals surface area (Å²) in [7, 11) is 0. The molecule has 84 valence electrons. The predicted molar refractivity (Wildman–Crippen MR) is 68.9 cm³/mol. The first-order chi connectivity index (χ1) is 7.79. The Balaban J connectivity index is 2.04. The van der Waals surface area contributed by atoms with E-state index in [-0.39, 0.29) is 0 Å². The first-order valence-electron chi connectivity index (χ1n) is 5.66. The molecule has 0 saturated heterocycles. The van der Waals surface area contributed by atoms with Gasteiger partial charge in [-0.2, -0.15) is 5.26 Å². The van der Waals surface area contributed by atoms with Crippen LogP contribution >= 0.6 is 23.4 Å². The zero-order valence-corrected chi connectivity index (χ0v) is 10.7. The van der Waals surface area contributed by atoms with E-state index >= 15 is 0 Å². The third kappa shape index (κ3) is 2.93. The van der Waals surface area contributed by atoms with Crippen LogP contribution in [0.5, 0.6) is 0 Å². The van der Waals surface area contributed by atoms with Gasteiger partial charge < -0.3 is 0 Å². The van der Waals surface area contributed by atoms with Crippen LogP contribution in [0.1, 0.15) is 37.7 Å². The van der Waals surface area contributed by atoms with Crippen molar-refractivity contribution >= 4 is 23.4 Å². The van der Waals surface area contributed by atoms with Crippen molar-refractivity contribution in [2.45, 2.75) is 42.2 Å². The van der Waals surface area contributed by atoms with E-state index in [4.69, 9.17) is 16.9 Å². The van der Waals surface area contributed by atoms with E-state index in [9.17, 15) is 0 Å². The summed E-state index contributed by atoms with van der Waals surface area (Å²) in [4.78, 5) is 1.19. The Morgan fingerprint density at radius 1 is 1.25 bits per heavy atom. The molecule has 0 radical (unpaired) electrons. The van der Waals surface area contributed by atoms with Crippen molar-refractivity contribution in [2.24, 2.45) is 0 Å². The molecule has 0 spiro atoms. The molecule has 1 fully saturated rings. The molecule has 16 heavy (non-hydrogen) atoms. The second-order valence-corrected chi connectivity index (χ2v) is 5.91. The Morgan fingerprint density at radius 3 is 2.62 bits per heavy atom. The van der Waals surface area contributed by atoms with Gasteiger partial charge in [-0.05, 0) is 31.0 Å². The zero-order valence-electron chi connectivity index (χ0n) is 9.08. The van der Waals surface area contributed by atoms with Gasteiger partial charge in [-0.3, -0.25) is 0 Å². The molecule has 2 rings (SSSR count). The van der Waals surface area contributed by atoms with Crippen LogP contribution in [0.25, 0.3) is 0 Å². The molecule has 1 saturated carbocycles. The normalized spacial score (nSPS) is 17.0. The summed E-state index contributed by atoms with van der Waals surface area (Å²) >= 11 is 7.92. The molecule has 0 N–H and O–H groups in total. The van der Waals surface area contributed by atoms with Crippen LogP contribution < -0.4 is 0 Å². The fraction of sp³-hybridized carbons (Fsp3) is 0.462. The van der Waals surface area contributed by atoms with Crippen LogP contribution in [0, 0.1) is 11.3 Å². The number of hydrogen-bond acceptors (Lipinski definition) is 2. The van der Waals surface area contributed by atoms with Crippen molar-refractivity contribution in [1.29, 1.82) is 5.26 Å². The van der Waals surface area contributed by atoms with E-state index in [1.807, 2.05) is 30.0 Å². The summed E-state index contributed by atoms with van der Waals surface area (Å²) in [6.07, 6.45) is 6.69. The predicted octanol–water partition coefficient (Wildman–Crippen LogP) is 4.64. The Labute approximate surface area is 106 Å². The Morgan fingerprint density at radius 2 is 2.00 bits per heavy atom. The minimum atomic E-state index is 0.565. The number of rotatable bonds is 2. The lowest BCUT2D eigenvalue weighted by molar-refractivity contribution is 0.516. The minimum absolute atomic E-state index is 0.565. The number of thioether (sulfide) groups is 1. The number of benzene rings is 1. The highest BCUT2D eigenvalue weighted by molar-refractivity contribution is 8.00. The highest BCUT2D eigenvalue weighted by Gasteiger charge is 2.14. The van der Waals surface area contributed by atoms with E-state index < -0.39 is 0 Å². The number of hydrogen-bond donors (Lipinski definition) is 0. The van der Waals surface area contributed by atoms with Crippen LogP contribution in [0.3, 0.4) is 0 Å². The van der Waals surface area contributed by atoms with Gasteiger partial charge in [0.05, 0.1) is 10.6 Å². The molecule has 0 unspecified atom stereocenters. The molecule has 1 aromatic rings. The molecule has 1 nitrogen and oxygen atoms in total. The van der Waals surface area contributed by atoms with Crippen molar-refractivity contribution in [3.05, 3.63) is 28.8 Å².